The third-order valence-corrected chi connectivity index (χ3v) is 6.67. The van der Waals surface area contributed by atoms with E-state index in [9.17, 15) is 9.18 Å². The number of hydrogen-bond donors (Lipinski definition) is 1. The molecule has 0 unspecified atom stereocenters. The molecule has 0 spiro atoms. The maximum absolute atomic E-state index is 13.0. The lowest BCUT2D eigenvalue weighted by molar-refractivity contribution is -0.149. The molecule has 1 heterocycles. The first-order valence-electron chi connectivity index (χ1n) is 7.62. The van der Waals surface area contributed by atoms with E-state index >= 15 is 0 Å². The van der Waals surface area contributed by atoms with Gasteiger partial charge in [-0.2, -0.15) is 0 Å². The Labute approximate surface area is 123 Å². The lowest BCUT2D eigenvalue weighted by atomic mass is 9.66. The first-order valence-corrected chi connectivity index (χ1v) is 7.62. The van der Waals surface area contributed by atoms with Crippen LogP contribution in [0.5, 0.6) is 0 Å². The van der Waals surface area contributed by atoms with Crippen molar-refractivity contribution in [1.82, 2.24) is 0 Å². The summed E-state index contributed by atoms with van der Waals surface area (Å²) >= 11 is 0. The number of ether oxygens (including phenoxy) is 1. The van der Waals surface area contributed by atoms with Gasteiger partial charge in [-0.1, -0.05) is 13.8 Å². The molecule has 21 heavy (non-hydrogen) atoms. The predicted molar refractivity (Wildman–Crippen MR) is 77.3 cm³/mol. The molecule has 0 aromatic heterocycles. The summed E-state index contributed by atoms with van der Waals surface area (Å²) in [4.78, 5) is 12.9. The van der Waals surface area contributed by atoms with Crippen LogP contribution in [0.4, 0.5) is 10.1 Å². The Balaban J connectivity index is 1.65. The van der Waals surface area contributed by atoms with Crippen molar-refractivity contribution in [3.05, 3.63) is 30.1 Å². The molecule has 3 fully saturated rings. The van der Waals surface area contributed by atoms with Gasteiger partial charge in [0.15, 0.2) is 5.60 Å². The van der Waals surface area contributed by atoms with Crippen LogP contribution < -0.4 is 5.32 Å². The summed E-state index contributed by atoms with van der Waals surface area (Å²) in [6.07, 6.45) is 3.06. The summed E-state index contributed by atoms with van der Waals surface area (Å²) in [5.41, 5.74) is -0.0552. The summed E-state index contributed by atoms with van der Waals surface area (Å²) in [6.45, 7) is 5.15. The number of carbonyl (C=O) groups is 1. The van der Waals surface area contributed by atoms with Crippen LogP contribution in [0.25, 0.3) is 0 Å². The molecule has 1 aromatic rings. The maximum Gasteiger partial charge on any atom is 0.257 e. The van der Waals surface area contributed by atoms with Gasteiger partial charge in [0.1, 0.15) is 5.82 Å². The Morgan fingerprint density at radius 3 is 2.67 bits per heavy atom. The minimum atomic E-state index is -0.709. The number of hydrogen-bond acceptors (Lipinski definition) is 2. The molecule has 112 valence electrons. The predicted octanol–water partition coefficient (Wildman–Crippen LogP) is 3.36. The molecule has 1 saturated heterocycles. The average Bonchev–Trinajstić information content (AvgIpc) is 2.93. The molecule has 4 rings (SSSR count). The highest BCUT2D eigenvalue weighted by Crippen LogP contribution is 2.75. The van der Waals surface area contributed by atoms with Crippen LogP contribution in [0.1, 0.15) is 33.1 Å². The highest BCUT2D eigenvalue weighted by Gasteiger charge is 2.78. The Morgan fingerprint density at radius 2 is 2.05 bits per heavy atom. The fraction of sp³-hybridized carbons (Fsp3) is 0.588. The van der Waals surface area contributed by atoms with Crippen LogP contribution in [0.15, 0.2) is 24.3 Å². The van der Waals surface area contributed by atoms with Crippen molar-refractivity contribution in [2.24, 2.45) is 16.7 Å². The molecule has 1 aliphatic heterocycles. The van der Waals surface area contributed by atoms with Gasteiger partial charge in [-0.25, -0.2) is 4.39 Å². The second-order valence-corrected chi connectivity index (χ2v) is 7.27. The van der Waals surface area contributed by atoms with Gasteiger partial charge in [-0.05, 0) is 49.4 Å². The van der Waals surface area contributed by atoms with E-state index in [0.717, 1.165) is 12.8 Å². The highest BCUT2D eigenvalue weighted by atomic mass is 19.1. The van der Waals surface area contributed by atoms with Gasteiger partial charge in [0.2, 0.25) is 0 Å². The molecule has 4 bridgehead atoms. The summed E-state index contributed by atoms with van der Waals surface area (Å²) in [5, 5.41) is 2.93. The van der Waals surface area contributed by atoms with E-state index in [2.05, 4.69) is 19.2 Å². The van der Waals surface area contributed by atoms with Crippen molar-refractivity contribution in [2.45, 2.75) is 38.7 Å². The SMILES string of the molecule is C[C@@]12CC[C@@H]3C[C@]1(C(=O)Nc1ccc(F)cc1)OC[C@]32C. The van der Waals surface area contributed by atoms with E-state index < -0.39 is 5.60 Å². The standard InChI is InChI=1S/C17H20FNO2/c1-15-10-21-17(9-11(15)7-8-16(15,17)2)14(20)19-13-5-3-12(18)4-6-13/h3-6,11H,7-10H2,1-2H3,(H,19,20)/t11-,15-,16+,17-/m1/s1. The first kappa shape index (κ1) is 13.3. The van der Waals surface area contributed by atoms with Crippen molar-refractivity contribution in [1.29, 1.82) is 0 Å². The molecule has 2 saturated carbocycles. The van der Waals surface area contributed by atoms with Crippen LogP contribution in [-0.4, -0.2) is 18.1 Å². The van der Waals surface area contributed by atoms with Crippen molar-refractivity contribution in [3.8, 4) is 0 Å². The smallest absolute Gasteiger partial charge is 0.257 e. The Morgan fingerprint density at radius 1 is 1.33 bits per heavy atom. The van der Waals surface area contributed by atoms with E-state index in [1.807, 2.05) is 0 Å². The van der Waals surface area contributed by atoms with Crippen LogP contribution >= 0.6 is 0 Å². The van der Waals surface area contributed by atoms with E-state index in [1.165, 1.54) is 18.6 Å². The van der Waals surface area contributed by atoms with E-state index in [4.69, 9.17) is 4.74 Å². The average molecular weight is 289 g/mol. The van der Waals surface area contributed by atoms with Gasteiger partial charge in [0.05, 0.1) is 6.61 Å². The molecule has 3 nitrogen and oxygen atoms in total. The molecule has 1 N–H and O–H groups in total. The number of benzene rings is 1. The number of carbonyl (C=O) groups excluding carboxylic acids is 1. The van der Waals surface area contributed by atoms with Gasteiger partial charge in [-0.3, -0.25) is 4.79 Å². The molecule has 4 atom stereocenters. The van der Waals surface area contributed by atoms with Gasteiger partial charge in [0, 0.05) is 16.5 Å². The molecule has 0 radical (unpaired) electrons. The topological polar surface area (TPSA) is 38.3 Å². The maximum atomic E-state index is 13.0. The lowest BCUT2D eigenvalue weighted by Gasteiger charge is -2.39. The highest BCUT2D eigenvalue weighted by molar-refractivity contribution is 5.99. The fourth-order valence-corrected chi connectivity index (χ4v) is 5.02. The summed E-state index contributed by atoms with van der Waals surface area (Å²) < 4.78 is 19.0. The minimum absolute atomic E-state index is 0.0671. The lowest BCUT2D eigenvalue weighted by Crippen LogP contribution is -2.52. The number of rotatable bonds is 2. The van der Waals surface area contributed by atoms with Crippen LogP contribution in [0, 0.1) is 22.6 Å². The number of anilines is 1. The molecular weight excluding hydrogens is 269 g/mol. The number of halogens is 1. The third-order valence-electron chi connectivity index (χ3n) is 6.67. The Bertz CT molecular complexity index is 616. The van der Waals surface area contributed by atoms with Gasteiger partial charge in [0.25, 0.3) is 5.91 Å². The van der Waals surface area contributed by atoms with Gasteiger partial charge in [-0.15, -0.1) is 0 Å². The molecule has 1 amide bonds. The van der Waals surface area contributed by atoms with Crippen LogP contribution in [0.2, 0.25) is 0 Å². The molecule has 1 aromatic carbocycles. The Kier molecular flexibility index (Phi) is 2.44. The van der Waals surface area contributed by atoms with Gasteiger partial charge >= 0.3 is 0 Å². The second kappa shape index (κ2) is 3.86. The quantitative estimate of drug-likeness (QED) is 0.906. The molecule has 2 aliphatic carbocycles. The zero-order valence-electron chi connectivity index (χ0n) is 12.4. The normalized spacial score (nSPS) is 43.3. The zero-order valence-corrected chi connectivity index (χ0v) is 12.4. The number of amides is 1. The van der Waals surface area contributed by atoms with Crippen molar-refractivity contribution < 1.29 is 13.9 Å². The summed E-state index contributed by atoms with van der Waals surface area (Å²) in [5.74, 6) is 0.209. The van der Waals surface area contributed by atoms with Crippen molar-refractivity contribution in [3.63, 3.8) is 0 Å². The summed E-state index contributed by atoms with van der Waals surface area (Å²) in [6, 6.07) is 5.89. The minimum Gasteiger partial charge on any atom is -0.364 e. The molecular formula is C17H20FNO2. The molecule has 4 heteroatoms. The molecule has 3 aliphatic rings. The van der Waals surface area contributed by atoms with Crippen LogP contribution in [0.3, 0.4) is 0 Å². The summed E-state index contributed by atoms with van der Waals surface area (Å²) in [7, 11) is 0. The second-order valence-electron chi connectivity index (χ2n) is 7.27. The van der Waals surface area contributed by atoms with Crippen molar-refractivity contribution in [2.75, 3.05) is 11.9 Å². The van der Waals surface area contributed by atoms with Crippen LogP contribution in [-0.2, 0) is 9.53 Å². The Hall–Kier alpha value is -1.42. The number of nitrogens with one attached hydrogen (secondary N) is 1. The first-order chi connectivity index (χ1) is 9.91. The fourth-order valence-electron chi connectivity index (χ4n) is 5.02. The zero-order chi connectivity index (χ0) is 14.9. The largest absolute Gasteiger partial charge is 0.364 e. The van der Waals surface area contributed by atoms with E-state index in [-0.39, 0.29) is 22.6 Å². The van der Waals surface area contributed by atoms with Crippen molar-refractivity contribution >= 4 is 11.6 Å². The van der Waals surface area contributed by atoms with E-state index in [0.29, 0.717) is 18.2 Å². The monoisotopic (exact) mass is 289 g/mol. The third kappa shape index (κ3) is 1.39. The van der Waals surface area contributed by atoms with Gasteiger partial charge < -0.3 is 10.1 Å². The van der Waals surface area contributed by atoms with E-state index in [1.54, 1.807) is 12.1 Å².